The van der Waals surface area contributed by atoms with Crippen molar-refractivity contribution in [2.24, 2.45) is 0 Å². The summed E-state index contributed by atoms with van der Waals surface area (Å²) in [7, 11) is 0. The molecule has 25 heavy (non-hydrogen) atoms. The third-order valence-electron chi connectivity index (χ3n) is 4.27. The van der Waals surface area contributed by atoms with E-state index in [0.29, 0.717) is 13.1 Å². The number of urea groups is 1. The average molecular weight is 378 g/mol. The Morgan fingerprint density at radius 2 is 1.88 bits per heavy atom. The second kappa shape index (κ2) is 8.76. The number of unbranched alkanes of at least 4 members (excludes halogenated alkanes) is 2. The quantitative estimate of drug-likeness (QED) is 0.755. The highest BCUT2D eigenvalue weighted by Crippen LogP contribution is 2.36. The van der Waals surface area contributed by atoms with Crippen LogP contribution in [-0.4, -0.2) is 48.6 Å². The van der Waals surface area contributed by atoms with Gasteiger partial charge in [0.1, 0.15) is 0 Å². The molecule has 0 aliphatic carbocycles. The van der Waals surface area contributed by atoms with Crippen LogP contribution in [0.3, 0.4) is 0 Å². The summed E-state index contributed by atoms with van der Waals surface area (Å²) in [5.41, 5.74) is -1.21. The van der Waals surface area contributed by atoms with Crippen molar-refractivity contribution >= 4 is 23.3 Å². The molecule has 140 valence electrons. The van der Waals surface area contributed by atoms with Crippen molar-refractivity contribution in [3.05, 3.63) is 28.8 Å². The lowest BCUT2D eigenvalue weighted by Crippen LogP contribution is -2.50. The van der Waals surface area contributed by atoms with Crippen LogP contribution in [0, 0.1) is 0 Å². The van der Waals surface area contributed by atoms with Crippen molar-refractivity contribution in [1.82, 2.24) is 9.80 Å². The van der Waals surface area contributed by atoms with Gasteiger partial charge in [0.05, 0.1) is 11.3 Å². The molecule has 0 atom stereocenters. The smallest absolute Gasteiger partial charge is 0.322 e. The highest BCUT2D eigenvalue weighted by atomic mass is 35.5. The lowest BCUT2D eigenvalue weighted by Gasteiger charge is -2.34. The van der Waals surface area contributed by atoms with Crippen molar-refractivity contribution in [1.29, 1.82) is 0 Å². The molecule has 2 amide bonds. The number of piperazine rings is 1. The van der Waals surface area contributed by atoms with Crippen molar-refractivity contribution in [2.75, 3.05) is 38.0 Å². The van der Waals surface area contributed by atoms with Gasteiger partial charge in [-0.25, -0.2) is 4.79 Å². The van der Waals surface area contributed by atoms with Crippen molar-refractivity contribution in [3.63, 3.8) is 0 Å². The molecule has 0 unspecified atom stereocenters. The highest BCUT2D eigenvalue weighted by molar-refractivity contribution is 6.30. The van der Waals surface area contributed by atoms with Gasteiger partial charge in [-0.15, -0.1) is 0 Å². The van der Waals surface area contributed by atoms with Crippen molar-refractivity contribution in [2.45, 2.75) is 32.4 Å². The number of benzene rings is 1. The normalized spacial score (nSPS) is 16.1. The van der Waals surface area contributed by atoms with Crippen LogP contribution in [0.25, 0.3) is 0 Å². The van der Waals surface area contributed by atoms with Crippen molar-refractivity contribution in [3.8, 4) is 0 Å². The average Bonchev–Trinajstić information content (AvgIpc) is 2.56. The van der Waals surface area contributed by atoms with E-state index in [2.05, 4.69) is 17.1 Å². The summed E-state index contributed by atoms with van der Waals surface area (Å²) in [4.78, 5) is 16.1. The molecule has 0 spiro atoms. The number of carbonyl (C=O) groups is 1. The summed E-state index contributed by atoms with van der Waals surface area (Å²) in [6.07, 6.45) is -1.11. The van der Waals surface area contributed by atoms with Gasteiger partial charge in [0.25, 0.3) is 0 Å². The Labute approximate surface area is 150 Å². The molecule has 1 aromatic carbocycles. The minimum atomic E-state index is -4.58. The van der Waals surface area contributed by atoms with E-state index in [9.17, 15) is 18.0 Å². The molecule has 8 heteroatoms. The maximum Gasteiger partial charge on any atom is 0.418 e. The second-order valence-corrected chi connectivity index (χ2v) is 6.59. The summed E-state index contributed by atoms with van der Waals surface area (Å²) in [6.45, 7) is 5.64. The molecule has 1 aromatic rings. The van der Waals surface area contributed by atoms with Gasteiger partial charge in [-0.2, -0.15) is 13.2 Å². The largest absolute Gasteiger partial charge is 0.418 e. The Balaban J connectivity index is 1.93. The number of amides is 2. The van der Waals surface area contributed by atoms with Gasteiger partial charge in [-0.3, -0.25) is 4.90 Å². The predicted molar refractivity (Wildman–Crippen MR) is 93.0 cm³/mol. The van der Waals surface area contributed by atoms with Gasteiger partial charge < -0.3 is 10.2 Å². The zero-order valence-electron chi connectivity index (χ0n) is 14.2. The zero-order valence-corrected chi connectivity index (χ0v) is 15.0. The third-order valence-corrected chi connectivity index (χ3v) is 4.50. The number of nitrogens with zero attached hydrogens (tertiary/aromatic N) is 2. The van der Waals surface area contributed by atoms with Crippen LogP contribution in [-0.2, 0) is 6.18 Å². The molecule has 1 aliphatic rings. The number of nitrogens with one attached hydrogen (secondary N) is 1. The second-order valence-electron chi connectivity index (χ2n) is 6.15. The molecule has 0 bridgehead atoms. The predicted octanol–water partition coefficient (Wildman–Crippen LogP) is 4.70. The first-order chi connectivity index (χ1) is 11.8. The first kappa shape index (κ1) is 19.8. The lowest BCUT2D eigenvalue weighted by atomic mass is 10.1. The first-order valence-corrected chi connectivity index (χ1v) is 8.84. The van der Waals surface area contributed by atoms with Crippen LogP contribution in [0.2, 0.25) is 5.02 Å². The molecule has 1 fully saturated rings. The monoisotopic (exact) mass is 377 g/mol. The Hall–Kier alpha value is -1.47. The highest BCUT2D eigenvalue weighted by Gasteiger charge is 2.34. The fourth-order valence-corrected chi connectivity index (χ4v) is 2.99. The standard InChI is InChI=1S/C17H23ClF3N3O/c1-2-3-4-7-23-8-10-24(11-9-23)16(25)22-15-6-5-13(18)12-14(15)17(19,20)21/h5-6,12H,2-4,7-11H2,1H3,(H,22,25). The van der Waals surface area contributed by atoms with E-state index in [0.717, 1.165) is 38.5 Å². The third kappa shape index (κ3) is 5.78. The number of alkyl halides is 3. The summed E-state index contributed by atoms with van der Waals surface area (Å²) in [6, 6.07) is 2.83. The molecular formula is C17H23ClF3N3O. The molecule has 1 N–H and O–H groups in total. The summed E-state index contributed by atoms with van der Waals surface area (Å²) >= 11 is 5.65. The molecule has 0 radical (unpaired) electrons. The van der Waals surface area contributed by atoms with Crippen LogP contribution < -0.4 is 5.32 Å². The maximum absolute atomic E-state index is 13.1. The molecule has 2 rings (SSSR count). The van der Waals surface area contributed by atoms with E-state index in [1.165, 1.54) is 18.6 Å². The molecule has 1 saturated heterocycles. The van der Waals surface area contributed by atoms with E-state index >= 15 is 0 Å². The number of carbonyl (C=O) groups excluding carboxylic acids is 1. The van der Waals surface area contributed by atoms with Gasteiger partial charge >= 0.3 is 12.2 Å². The number of hydrogen-bond acceptors (Lipinski definition) is 2. The Morgan fingerprint density at radius 1 is 1.20 bits per heavy atom. The molecule has 0 saturated carbocycles. The fraction of sp³-hybridized carbons (Fsp3) is 0.588. The topological polar surface area (TPSA) is 35.6 Å². The fourth-order valence-electron chi connectivity index (χ4n) is 2.81. The number of hydrogen-bond donors (Lipinski definition) is 1. The van der Waals surface area contributed by atoms with Crippen LogP contribution in [0.1, 0.15) is 31.7 Å². The molecular weight excluding hydrogens is 355 g/mol. The van der Waals surface area contributed by atoms with E-state index in [4.69, 9.17) is 11.6 Å². The van der Waals surface area contributed by atoms with Crippen LogP contribution >= 0.6 is 11.6 Å². The summed E-state index contributed by atoms with van der Waals surface area (Å²) in [5.74, 6) is 0. The summed E-state index contributed by atoms with van der Waals surface area (Å²) in [5, 5.41) is 2.35. The van der Waals surface area contributed by atoms with Crippen LogP contribution in [0.15, 0.2) is 18.2 Å². The van der Waals surface area contributed by atoms with Gasteiger partial charge in [0.2, 0.25) is 0 Å². The minimum Gasteiger partial charge on any atom is -0.322 e. The number of rotatable bonds is 5. The molecule has 4 nitrogen and oxygen atoms in total. The van der Waals surface area contributed by atoms with Gasteiger partial charge in [-0.05, 0) is 31.2 Å². The van der Waals surface area contributed by atoms with Crippen LogP contribution in [0.5, 0.6) is 0 Å². The van der Waals surface area contributed by atoms with Gasteiger partial charge in [0, 0.05) is 31.2 Å². The van der Waals surface area contributed by atoms with E-state index in [1.807, 2.05) is 0 Å². The molecule has 0 aromatic heterocycles. The van der Waals surface area contributed by atoms with Gasteiger partial charge in [0.15, 0.2) is 0 Å². The SMILES string of the molecule is CCCCCN1CCN(C(=O)Nc2ccc(Cl)cc2C(F)(F)F)CC1. The summed E-state index contributed by atoms with van der Waals surface area (Å²) < 4.78 is 39.3. The maximum atomic E-state index is 13.1. The molecule has 1 heterocycles. The van der Waals surface area contributed by atoms with E-state index < -0.39 is 17.8 Å². The van der Waals surface area contributed by atoms with E-state index in [1.54, 1.807) is 4.90 Å². The van der Waals surface area contributed by atoms with E-state index in [-0.39, 0.29) is 10.7 Å². The number of anilines is 1. The Morgan fingerprint density at radius 3 is 2.48 bits per heavy atom. The van der Waals surface area contributed by atoms with Crippen LogP contribution in [0.4, 0.5) is 23.7 Å². The Kier molecular flexibility index (Phi) is 6.95. The first-order valence-electron chi connectivity index (χ1n) is 8.46. The number of halogens is 4. The molecule has 1 aliphatic heterocycles. The van der Waals surface area contributed by atoms with Crippen molar-refractivity contribution < 1.29 is 18.0 Å². The zero-order chi connectivity index (χ0) is 18.4. The minimum absolute atomic E-state index is 0.0222. The Bertz CT molecular complexity index is 587. The van der Waals surface area contributed by atoms with Gasteiger partial charge in [-0.1, -0.05) is 31.4 Å². The lowest BCUT2D eigenvalue weighted by molar-refractivity contribution is -0.136.